The van der Waals surface area contributed by atoms with Gasteiger partial charge in [0, 0.05) is 11.7 Å². The maximum Gasteiger partial charge on any atom is 0.185 e. The smallest absolute Gasteiger partial charge is 0.185 e. The Balaban J connectivity index is 2.16. The van der Waals surface area contributed by atoms with Crippen LogP contribution in [0.25, 0.3) is 0 Å². The second-order valence-electron chi connectivity index (χ2n) is 8.74. The average molecular weight is 538 g/mol. The number of aliphatic hydroxyl groups is 1. The van der Waals surface area contributed by atoms with Gasteiger partial charge in [-0.3, -0.25) is 4.79 Å². The van der Waals surface area contributed by atoms with E-state index in [4.69, 9.17) is 44.3 Å². The minimum Gasteiger partial charge on any atom is -0.487 e. The Bertz CT molecular complexity index is 1070. The van der Waals surface area contributed by atoms with E-state index in [1.54, 1.807) is 31.2 Å². The van der Waals surface area contributed by atoms with Crippen LogP contribution >= 0.6 is 34.8 Å². The number of alkyl halides is 1. The van der Waals surface area contributed by atoms with Gasteiger partial charge in [-0.2, -0.15) is 0 Å². The summed E-state index contributed by atoms with van der Waals surface area (Å²) < 4.78 is 33.4. The van der Waals surface area contributed by atoms with Crippen molar-refractivity contribution >= 4 is 50.4 Å². The van der Waals surface area contributed by atoms with Crippen molar-refractivity contribution in [3.63, 3.8) is 0 Å². The van der Waals surface area contributed by atoms with Gasteiger partial charge >= 0.3 is 0 Å². The normalized spacial score (nSPS) is 13.9. The molecule has 0 aromatic heterocycles. The minimum atomic E-state index is -3.39. The molecular formula is C23H27Cl3O6S. The summed E-state index contributed by atoms with van der Waals surface area (Å²) in [7, 11) is -3.39. The monoisotopic (exact) mass is 536 g/mol. The number of carbonyl (C=O) groups is 1. The summed E-state index contributed by atoms with van der Waals surface area (Å²) >= 11 is 18.6. The van der Waals surface area contributed by atoms with E-state index in [1.807, 2.05) is 26.0 Å². The molecule has 0 aliphatic carbocycles. The number of carbonyl (C=O) groups excluding carboxylic acids is 1. The minimum absolute atomic E-state index is 0.00106. The van der Waals surface area contributed by atoms with Gasteiger partial charge in [-0.15, -0.1) is 11.6 Å². The number of hydrogen-bond acceptors (Lipinski definition) is 6. The molecule has 182 valence electrons. The van der Waals surface area contributed by atoms with Gasteiger partial charge in [-0.05, 0) is 42.3 Å². The number of hydrogen-bond donors (Lipinski definition) is 1. The van der Waals surface area contributed by atoms with Crippen LogP contribution in [0.4, 0.5) is 0 Å². The van der Waals surface area contributed by atoms with Gasteiger partial charge in [0.25, 0.3) is 0 Å². The zero-order valence-electron chi connectivity index (χ0n) is 18.8. The van der Waals surface area contributed by atoms with Crippen LogP contribution in [0.3, 0.4) is 0 Å². The molecule has 6 nitrogen and oxygen atoms in total. The molecule has 1 atom stereocenters. The van der Waals surface area contributed by atoms with Gasteiger partial charge < -0.3 is 14.6 Å². The molecule has 0 heterocycles. The van der Waals surface area contributed by atoms with Crippen LogP contribution in [0.5, 0.6) is 11.5 Å². The first-order valence-corrected chi connectivity index (χ1v) is 13.3. The Labute approximate surface area is 209 Å². The summed E-state index contributed by atoms with van der Waals surface area (Å²) in [6, 6.07) is 10.6. The van der Waals surface area contributed by atoms with Crippen LogP contribution in [0.15, 0.2) is 36.4 Å². The molecule has 1 unspecified atom stereocenters. The van der Waals surface area contributed by atoms with Gasteiger partial charge in [-0.25, -0.2) is 8.42 Å². The Morgan fingerprint density at radius 2 is 1.55 bits per heavy atom. The molecule has 0 bridgehead atoms. The van der Waals surface area contributed by atoms with E-state index in [0.29, 0.717) is 15.8 Å². The zero-order valence-corrected chi connectivity index (χ0v) is 21.9. The zero-order chi connectivity index (χ0) is 25.0. The largest absolute Gasteiger partial charge is 0.487 e. The predicted molar refractivity (Wildman–Crippen MR) is 132 cm³/mol. The molecule has 0 saturated carbocycles. The maximum absolute atomic E-state index is 11.7. The summed E-state index contributed by atoms with van der Waals surface area (Å²) in [5, 5.41) is 10.7. The number of Topliss-reactive ketones (excluding diaryl/α,β-unsaturated/α-hetero) is 1. The first kappa shape index (κ1) is 27.7. The fourth-order valence-corrected chi connectivity index (χ4v) is 4.30. The van der Waals surface area contributed by atoms with E-state index < -0.39 is 32.4 Å². The van der Waals surface area contributed by atoms with Gasteiger partial charge in [0.15, 0.2) is 21.4 Å². The number of sulfone groups is 1. The fourth-order valence-electron chi connectivity index (χ4n) is 2.96. The summed E-state index contributed by atoms with van der Waals surface area (Å²) in [6.45, 7) is 5.17. The quantitative estimate of drug-likeness (QED) is 0.419. The highest BCUT2D eigenvalue weighted by Gasteiger charge is 2.27. The van der Waals surface area contributed by atoms with Crippen LogP contribution in [0, 0.1) is 0 Å². The Kier molecular flexibility index (Phi) is 9.10. The van der Waals surface area contributed by atoms with Crippen molar-refractivity contribution in [1.82, 2.24) is 0 Å². The lowest BCUT2D eigenvalue weighted by Crippen LogP contribution is -2.34. The molecule has 2 rings (SSSR count). The SMILES string of the molecule is CC(O)(CCl)COc1c(Cl)cc(C(C)(C)c2ccc(OCC(=O)CS(C)(=O)=O)cc2)cc1Cl. The highest BCUT2D eigenvalue weighted by atomic mass is 35.5. The molecule has 2 aromatic rings. The highest BCUT2D eigenvalue weighted by molar-refractivity contribution is 7.91. The van der Waals surface area contributed by atoms with Crippen molar-refractivity contribution in [2.45, 2.75) is 31.8 Å². The lowest BCUT2D eigenvalue weighted by atomic mass is 9.78. The third-order valence-electron chi connectivity index (χ3n) is 4.93. The maximum atomic E-state index is 11.7. The standard InChI is InChI=1S/C23H27Cl3O6S/c1-22(2,15-5-7-18(8-6-15)31-11-17(27)12-33(4,29)30)16-9-19(25)21(20(26)10-16)32-14-23(3,28)13-24/h5-10,28H,11-14H2,1-4H3. The van der Waals surface area contributed by atoms with Crippen LogP contribution < -0.4 is 9.47 Å². The third-order valence-corrected chi connectivity index (χ3v) is 6.92. The molecule has 0 amide bonds. The van der Waals surface area contributed by atoms with Gasteiger partial charge in [0.05, 0.1) is 15.9 Å². The molecular weight excluding hydrogens is 511 g/mol. The van der Waals surface area contributed by atoms with E-state index in [1.165, 1.54) is 0 Å². The molecule has 10 heteroatoms. The molecule has 0 aliphatic heterocycles. The molecule has 0 radical (unpaired) electrons. The number of benzene rings is 2. The van der Waals surface area contributed by atoms with Gasteiger partial charge in [-0.1, -0.05) is 49.2 Å². The summed E-state index contributed by atoms with van der Waals surface area (Å²) in [6.07, 6.45) is 1.00. The first-order chi connectivity index (χ1) is 15.1. The molecule has 1 N–H and O–H groups in total. The van der Waals surface area contributed by atoms with Crippen LogP contribution in [0.1, 0.15) is 31.9 Å². The molecule has 0 saturated heterocycles. The van der Waals surface area contributed by atoms with E-state index in [-0.39, 0.29) is 24.8 Å². The lowest BCUT2D eigenvalue weighted by Gasteiger charge is -2.28. The predicted octanol–water partition coefficient (Wildman–Crippen LogP) is 4.68. The number of ether oxygens (including phenoxy) is 2. The van der Waals surface area contributed by atoms with Crippen molar-refractivity contribution in [1.29, 1.82) is 0 Å². The second-order valence-corrected chi connectivity index (χ2v) is 12.0. The third kappa shape index (κ3) is 8.04. The van der Waals surface area contributed by atoms with Crippen LogP contribution in [0.2, 0.25) is 10.0 Å². The Morgan fingerprint density at radius 3 is 2.03 bits per heavy atom. The van der Waals surface area contributed by atoms with E-state index >= 15 is 0 Å². The molecule has 0 aliphatic rings. The van der Waals surface area contributed by atoms with E-state index in [0.717, 1.165) is 17.4 Å². The number of rotatable bonds is 11. The van der Waals surface area contributed by atoms with Crippen molar-refractivity contribution in [2.75, 3.05) is 31.1 Å². The topological polar surface area (TPSA) is 89.9 Å². The average Bonchev–Trinajstić information content (AvgIpc) is 2.70. The number of halogens is 3. The first-order valence-electron chi connectivity index (χ1n) is 9.98. The van der Waals surface area contributed by atoms with Crippen molar-refractivity contribution in [3.8, 4) is 11.5 Å². The highest BCUT2D eigenvalue weighted by Crippen LogP contribution is 2.41. The summed E-state index contributed by atoms with van der Waals surface area (Å²) in [4.78, 5) is 11.7. The van der Waals surface area contributed by atoms with Gasteiger partial charge in [0.2, 0.25) is 0 Å². The summed E-state index contributed by atoms with van der Waals surface area (Å²) in [5.74, 6) is -0.351. The Morgan fingerprint density at radius 1 is 1.00 bits per heavy atom. The van der Waals surface area contributed by atoms with Crippen molar-refractivity contribution < 1.29 is 27.8 Å². The molecule has 33 heavy (non-hydrogen) atoms. The van der Waals surface area contributed by atoms with Crippen LogP contribution in [-0.2, 0) is 20.0 Å². The van der Waals surface area contributed by atoms with E-state index in [2.05, 4.69) is 0 Å². The number of ketones is 1. The Hall–Kier alpha value is -1.51. The van der Waals surface area contributed by atoms with Gasteiger partial charge in [0.1, 0.15) is 30.3 Å². The summed E-state index contributed by atoms with van der Waals surface area (Å²) in [5.41, 5.74) is 0.0675. The molecule has 2 aromatic carbocycles. The van der Waals surface area contributed by atoms with Crippen molar-refractivity contribution in [3.05, 3.63) is 57.6 Å². The van der Waals surface area contributed by atoms with E-state index in [9.17, 15) is 18.3 Å². The second kappa shape index (κ2) is 10.8. The van der Waals surface area contributed by atoms with Crippen molar-refractivity contribution in [2.24, 2.45) is 0 Å². The molecule has 0 spiro atoms. The van der Waals surface area contributed by atoms with Crippen LogP contribution in [-0.4, -0.2) is 56.0 Å². The lowest BCUT2D eigenvalue weighted by molar-refractivity contribution is -0.118. The molecule has 0 fully saturated rings. The fraction of sp³-hybridized carbons (Fsp3) is 0.435.